The van der Waals surface area contributed by atoms with E-state index in [-0.39, 0.29) is 6.04 Å². The third-order valence-electron chi connectivity index (χ3n) is 2.07. The summed E-state index contributed by atoms with van der Waals surface area (Å²) in [5, 5.41) is 3.07. The van der Waals surface area contributed by atoms with Crippen LogP contribution in [0, 0.1) is 0 Å². The fraction of sp³-hybridized carbons (Fsp3) is 0.700. The van der Waals surface area contributed by atoms with Crippen LogP contribution in [-0.2, 0) is 11.2 Å². The predicted molar refractivity (Wildman–Crippen MR) is 54.2 cm³/mol. The van der Waals surface area contributed by atoms with Gasteiger partial charge in [-0.15, -0.1) is 0 Å². The molecule has 80 valence electrons. The summed E-state index contributed by atoms with van der Waals surface area (Å²) in [6, 6.07) is 0.163. The molecule has 0 spiro atoms. The molecule has 0 radical (unpaired) electrons. The number of aromatic nitrogens is 1. The maximum atomic E-state index is 5.53. The molecule has 0 saturated carbocycles. The normalized spacial score (nSPS) is 13.1. The van der Waals surface area contributed by atoms with Crippen LogP contribution in [0.5, 0.6) is 0 Å². The summed E-state index contributed by atoms with van der Waals surface area (Å²) in [7, 11) is 1.88. The minimum absolute atomic E-state index is 0.163. The van der Waals surface area contributed by atoms with Crippen LogP contribution in [0.15, 0.2) is 10.6 Å². The predicted octanol–water partition coefficient (Wildman–Crippen LogP) is 1.53. The third-order valence-corrected chi connectivity index (χ3v) is 2.07. The first kappa shape index (κ1) is 11.2. The average molecular weight is 198 g/mol. The van der Waals surface area contributed by atoms with Gasteiger partial charge in [-0.2, -0.15) is 0 Å². The number of hydrogen-bond donors (Lipinski definition) is 1. The van der Waals surface area contributed by atoms with Crippen molar-refractivity contribution in [2.24, 2.45) is 0 Å². The van der Waals surface area contributed by atoms with Gasteiger partial charge >= 0.3 is 0 Å². The first-order valence-electron chi connectivity index (χ1n) is 4.97. The molecule has 1 aromatic rings. The average Bonchev–Trinajstić information content (AvgIpc) is 2.66. The Bertz CT molecular complexity index is 260. The van der Waals surface area contributed by atoms with E-state index >= 15 is 0 Å². The second kappa shape index (κ2) is 5.78. The summed E-state index contributed by atoms with van der Waals surface area (Å²) < 4.78 is 10.8. The Morgan fingerprint density at radius 1 is 1.64 bits per heavy atom. The van der Waals surface area contributed by atoms with E-state index in [4.69, 9.17) is 9.15 Å². The van der Waals surface area contributed by atoms with Gasteiger partial charge in [0.25, 0.3) is 0 Å². The molecule has 4 heteroatoms. The van der Waals surface area contributed by atoms with Crippen molar-refractivity contribution in [1.29, 1.82) is 0 Å². The van der Waals surface area contributed by atoms with E-state index < -0.39 is 0 Å². The van der Waals surface area contributed by atoms with Gasteiger partial charge in [0, 0.05) is 13.0 Å². The van der Waals surface area contributed by atoms with Crippen LogP contribution in [-0.4, -0.2) is 25.2 Å². The summed E-state index contributed by atoms with van der Waals surface area (Å²) in [5.41, 5.74) is 0. The van der Waals surface area contributed by atoms with Crippen LogP contribution in [0.3, 0.4) is 0 Å². The van der Waals surface area contributed by atoms with Gasteiger partial charge in [-0.3, -0.25) is 0 Å². The monoisotopic (exact) mass is 198 g/mol. The van der Waals surface area contributed by atoms with Crippen molar-refractivity contribution in [2.75, 3.05) is 20.3 Å². The largest absolute Gasteiger partial charge is 0.444 e. The molecule has 0 fully saturated rings. The van der Waals surface area contributed by atoms with Crippen molar-refractivity contribution in [2.45, 2.75) is 26.3 Å². The van der Waals surface area contributed by atoms with E-state index in [0.717, 1.165) is 24.7 Å². The third kappa shape index (κ3) is 3.12. The summed E-state index contributed by atoms with van der Waals surface area (Å²) >= 11 is 0. The Morgan fingerprint density at radius 2 is 2.43 bits per heavy atom. The molecule has 0 amide bonds. The zero-order valence-corrected chi connectivity index (χ0v) is 9.04. The summed E-state index contributed by atoms with van der Waals surface area (Å²) in [6.07, 6.45) is 2.56. The highest BCUT2D eigenvalue weighted by molar-refractivity contribution is 4.97. The standard InChI is InChI=1S/C10H18N2O2/c1-4-13-6-5-9-7-12-10(14-9)8(2)11-3/h7-8,11H,4-6H2,1-3H3. The molecule has 0 aliphatic heterocycles. The van der Waals surface area contributed by atoms with Crippen LogP contribution >= 0.6 is 0 Å². The lowest BCUT2D eigenvalue weighted by atomic mass is 10.3. The molecular weight excluding hydrogens is 180 g/mol. The maximum Gasteiger partial charge on any atom is 0.211 e. The lowest BCUT2D eigenvalue weighted by Gasteiger charge is -2.03. The highest BCUT2D eigenvalue weighted by Gasteiger charge is 2.09. The Hall–Kier alpha value is -0.870. The van der Waals surface area contributed by atoms with Gasteiger partial charge in [0.2, 0.25) is 5.89 Å². The molecule has 1 atom stereocenters. The molecule has 14 heavy (non-hydrogen) atoms. The van der Waals surface area contributed by atoms with Gasteiger partial charge in [-0.25, -0.2) is 4.98 Å². The first-order valence-corrected chi connectivity index (χ1v) is 4.97. The van der Waals surface area contributed by atoms with Gasteiger partial charge in [0.15, 0.2) is 0 Å². The van der Waals surface area contributed by atoms with Gasteiger partial charge < -0.3 is 14.5 Å². The van der Waals surface area contributed by atoms with Crippen molar-refractivity contribution < 1.29 is 9.15 Å². The van der Waals surface area contributed by atoms with Gasteiger partial charge in [0.05, 0.1) is 18.8 Å². The number of nitrogens with zero attached hydrogens (tertiary/aromatic N) is 1. The molecular formula is C10H18N2O2. The van der Waals surface area contributed by atoms with Crippen LogP contribution in [0.4, 0.5) is 0 Å². The Balaban J connectivity index is 2.42. The summed E-state index contributed by atoms with van der Waals surface area (Å²) in [5.74, 6) is 1.62. The van der Waals surface area contributed by atoms with Crippen LogP contribution in [0.25, 0.3) is 0 Å². The highest BCUT2D eigenvalue weighted by atomic mass is 16.5. The number of oxazole rings is 1. The second-order valence-corrected chi connectivity index (χ2v) is 3.12. The molecule has 1 aromatic heterocycles. The molecule has 0 aromatic carbocycles. The zero-order valence-electron chi connectivity index (χ0n) is 9.04. The quantitative estimate of drug-likeness (QED) is 0.704. The molecule has 0 saturated heterocycles. The Kier molecular flexibility index (Phi) is 4.62. The molecule has 0 aliphatic rings. The number of hydrogen-bond acceptors (Lipinski definition) is 4. The van der Waals surface area contributed by atoms with Crippen molar-refractivity contribution in [3.63, 3.8) is 0 Å². The molecule has 1 heterocycles. The van der Waals surface area contributed by atoms with Crippen LogP contribution in [0.1, 0.15) is 31.5 Å². The fourth-order valence-electron chi connectivity index (χ4n) is 1.08. The highest BCUT2D eigenvalue weighted by Crippen LogP contribution is 2.12. The van der Waals surface area contributed by atoms with Crippen molar-refractivity contribution in [3.8, 4) is 0 Å². The SMILES string of the molecule is CCOCCc1cnc(C(C)NC)o1. The molecule has 4 nitrogen and oxygen atoms in total. The zero-order chi connectivity index (χ0) is 10.4. The van der Waals surface area contributed by atoms with Crippen molar-refractivity contribution in [3.05, 3.63) is 17.8 Å². The lowest BCUT2D eigenvalue weighted by Crippen LogP contribution is -2.12. The van der Waals surface area contributed by atoms with Crippen molar-refractivity contribution >= 4 is 0 Å². The number of ether oxygens (including phenoxy) is 1. The van der Waals surface area contributed by atoms with Gasteiger partial charge in [-0.05, 0) is 20.9 Å². The second-order valence-electron chi connectivity index (χ2n) is 3.12. The molecule has 0 aliphatic carbocycles. The topological polar surface area (TPSA) is 47.3 Å². The van der Waals surface area contributed by atoms with Crippen molar-refractivity contribution in [1.82, 2.24) is 10.3 Å². The number of rotatable bonds is 6. The van der Waals surface area contributed by atoms with E-state index in [2.05, 4.69) is 10.3 Å². The molecule has 1 rings (SSSR count). The lowest BCUT2D eigenvalue weighted by molar-refractivity contribution is 0.146. The van der Waals surface area contributed by atoms with E-state index in [0.29, 0.717) is 6.61 Å². The Labute approximate surface area is 84.7 Å². The number of nitrogens with one attached hydrogen (secondary N) is 1. The fourth-order valence-corrected chi connectivity index (χ4v) is 1.08. The minimum Gasteiger partial charge on any atom is -0.444 e. The molecule has 1 N–H and O–H groups in total. The summed E-state index contributed by atoms with van der Waals surface area (Å²) in [4.78, 5) is 4.18. The summed E-state index contributed by atoms with van der Waals surface area (Å²) in [6.45, 7) is 5.43. The van der Waals surface area contributed by atoms with Crippen LogP contribution < -0.4 is 5.32 Å². The molecule has 1 unspecified atom stereocenters. The maximum absolute atomic E-state index is 5.53. The van der Waals surface area contributed by atoms with E-state index in [1.807, 2.05) is 20.9 Å². The smallest absolute Gasteiger partial charge is 0.211 e. The van der Waals surface area contributed by atoms with E-state index in [9.17, 15) is 0 Å². The van der Waals surface area contributed by atoms with Gasteiger partial charge in [-0.1, -0.05) is 0 Å². The van der Waals surface area contributed by atoms with Crippen LogP contribution in [0.2, 0.25) is 0 Å². The first-order chi connectivity index (χ1) is 6.77. The Morgan fingerprint density at radius 3 is 3.07 bits per heavy atom. The van der Waals surface area contributed by atoms with Gasteiger partial charge in [0.1, 0.15) is 5.76 Å². The van der Waals surface area contributed by atoms with E-state index in [1.54, 1.807) is 6.20 Å². The van der Waals surface area contributed by atoms with E-state index in [1.165, 1.54) is 0 Å². The molecule has 0 bridgehead atoms. The minimum atomic E-state index is 0.163.